The molecular formula is C21H31ClFN3O3. The number of halogens is 2. The van der Waals surface area contributed by atoms with Gasteiger partial charge in [0.15, 0.2) is 0 Å². The van der Waals surface area contributed by atoms with Gasteiger partial charge in [0.2, 0.25) is 0 Å². The van der Waals surface area contributed by atoms with Crippen LogP contribution in [0.25, 0.3) is 0 Å². The summed E-state index contributed by atoms with van der Waals surface area (Å²) in [4.78, 5) is 18.0. The summed E-state index contributed by atoms with van der Waals surface area (Å²) in [7, 11) is 1.75. The molecule has 0 aromatic carbocycles. The van der Waals surface area contributed by atoms with Crippen LogP contribution in [0.2, 0.25) is 0 Å². The minimum atomic E-state index is -1.16. The molecule has 3 fully saturated rings. The predicted octanol–water partition coefficient (Wildman–Crippen LogP) is 2.69. The summed E-state index contributed by atoms with van der Waals surface area (Å²) in [6.45, 7) is 3.07. The van der Waals surface area contributed by atoms with Gasteiger partial charge >= 0.3 is 0 Å². The molecule has 29 heavy (non-hydrogen) atoms. The van der Waals surface area contributed by atoms with Gasteiger partial charge in [0, 0.05) is 70.8 Å². The van der Waals surface area contributed by atoms with E-state index in [2.05, 4.69) is 9.88 Å². The molecule has 1 aromatic rings. The second-order valence-corrected chi connectivity index (χ2v) is 8.57. The third kappa shape index (κ3) is 4.15. The van der Waals surface area contributed by atoms with Crippen LogP contribution >= 0.6 is 12.4 Å². The Labute approximate surface area is 177 Å². The molecule has 3 aliphatic rings. The number of carbonyl (C=O) groups excluding carboxylic acids is 1. The molecule has 3 heterocycles. The molecule has 2 aliphatic heterocycles. The van der Waals surface area contributed by atoms with Gasteiger partial charge in [-0.3, -0.25) is 14.7 Å². The highest BCUT2D eigenvalue weighted by Gasteiger charge is 2.54. The Hall–Kier alpha value is -1.28. The maximum Gasteiger partial charge on any atom is 0.267 e. The summed E-state index contributed by atoms with van der Waals surface area (Å²) < 4.78 is 26.8. The lowest BCUT2D eigenvalue weighted by Crippen LogP contribution is -2.61. The quantitative estimate of drug-likeness (QED) is 0.781. The average Bonchev–Trinajstić information content (AvgIpc) is 2.67. The standard InChI is InChI=1S/C21H30FN3O3.ClH/c1-27-21(15-5-8-24-18(11-15)19(23)26)16-3-2-4-17(21)13-25(12-16)14-20(22)6-9-28-10-7-20;/h5,8,11,16-17H,2-4,6-7,9-10,12-14H2,1H3,(H2,23,26);1H/t16-,17+,21+;. The van der Waals surface area contributed by atoms with Crippen molar-refractivity contribution in [2.45, 2.75) is 43.4 Å². The number of hydrogen-bond donors (Lipinski definition) is 1. The molecule has 0 unspecified atom stereocenters. The number of primary amides is 1. The molecule has 0 radical (unpaired) electrons. The maximum absolute atomic E-state index is 15.3. The van der Waals surface area contributed by atoms with E-state index >= 15 is 4.39 Å². The molecule has 4 rings (SSSR count). The fraction of sp³-hybridized carbons (Fsp3) is 0.714. The topological polar surface area (TPSA) is 77.7 Å². The van der Waals surface area contributed by atoms with Crippen molar-refractivity contribution in [3.8, 4) is 0 Å². The first kappa shape index (κ1) is 22.4. The van der Waals surface area contributed by atoms with Gasteiger partial charge in [0.05, 0.1) is 0 Å². The number of piperidine rings is 1. The van der Waals surface area contributed by atoms with E-state index in [1.54, 1.807) is 19.4 Å². The number of carbonyl (C=O) groups is 1. The van der Waals surface area contributed by atoms with Crippen LogP contribution in [0, 0.1) is 11.8 Å². The van der Waals surface area contributed by atoms with E-state index in [4.69, 9.17) is 15.2 Å². The van der Waals surface area contributed by atoms with Gasteiger partial charge in [-0.15, -0.1) is 12.4 Å². The van der Waals surface area contributed by atoms with Crippen molar-refractivity contribution < 1.29 is 18.7 Å². The summed E-state index contributed by atoms with van der Waals surface area (Å²) >= 11 is 0. The van der Waals surface area contributed by atoms with Crippen molar-refractivity contribution in [1.82, 2.24) is 9.88 Å². The Morgan fingerprint density at radius 3 is 2.59 bits per heavy atom. The SMILES string of the molecule is CO[C@@]1(c2ccnc(C(N)=O)c2)[C@@H]2CCC[C@H]1CN(CC1(F)CCOCC1)C2.Cl. The summed E-state index contributed by atoms with van der Waals surface area (Å²) in [6.07, 6.45) is 5.78. The zero-order valence-corrected chi connectivity index (χ0v) is 17.8. The number of pyridine rings is 1. The van der Waals surface area contributed by atoms with Crippen LogP contribution in [0.15, 0.2) is 18.3 Å². The molecule has 2 bridgehead atoms. The second-order valence-electron chi connectivity index (χ2n) is 8.57. The minimum Gasteiger partial charge on any atom is -0.381 e. The number of fused-ring (bicyclic) bond motifs is 2. The first-order chi connectivity index (χ1) is 13.5. The van der Waals surface area contributed by atoms with Crippen molar-refractivity contribution in [3.05, 3.63) is 29.6 Å². The van der Waals surface area contributed by atoms with Gasteiger partial charge < -0.3 is 15.2 Å². The number of nitrogens with two attached hydrogens (primary N) is 1. The lowest BCUT2D eigenvalue weighted by molar-refractivity contribution is -0.175. The first-order valence-electron chi connectivity index (χ1n) is 10.3. The smallest absolute Gasteiger partial charge is 0.267 e. The third-order valence-corrected chi connectivity index (χ3v) is 6.97. The Balaban J connectivity index is 0.00000240. The second kappa shape index (κ2) is 8.84. The van der Waals surface area contributed by atoms with Gasteiger partial charge in [-0.25, -0.2) is 4.39 Å². The van der Waals surface area contributed by atoms with Gasteiger partial charge in [0.25, 0.3) is 5.91 Å². The molecule has 1 aliphatic carbocycles. The monoisotopic (exact) mass is 427 g/mol. The summed E-state index contributed by atoms with van der Waals surface area (Å²) in [5.41, 5.74) is 5.05. The molecule has 0 spiro atoms. The van der Waals surface area contributed by atoms with Crippen molar-refractivity contribution >= 4 is 18.3 Å². The zero-order chi connectivity index (χ0) is 19.8. The summed E-state index contributed by atoms with van der Waals surface area (Å²) in [6, 6.07) is 3.72. The fourth-order valence-electron chi connectivity index (χ4n) is 5.68. The number of amides is 1. The first-order valence-corrected chi connectivity index (χ1v) is 10.3. The molecule has 3 atom stereocenters. The molecule has 6 nitrogen and oxygen atoms in total. The Morgan fingerprint density at radius 1 is 1.34 bits per heavy atom. The van der Waals surface area contributed by atoms with Gasteiger partial charge in [-0.05, 0) is 30.5 Å². The Kier molecular flexibility index (Phi) is 6.83. The van der Waals surface area contributed by atoms with Crippen molar-refractivity contribution in [2.24, 2.45) is 17.6 Å². The molecule has 2 saturated heterocycles. The van der Waals surface area contributed by atoms with Crippen LogP contribution in [0.4, 0.5) is 4.39 Å². The molecule has 1 saturated carbocycles. The molecule has 1 aromatic heterocycles. The fourth-order valence-corrected chi connectivity index (χ4v) is 5.68. The van der Waals surface area contributed by atoms with E-state index in [0.717, 1.165) is 37.9 Å². The van der Waals surface area contributed by atoms with E-state index in [1.807, 2.05) is 6.07 Å². The summed E-state index contributed by atoms with van der Waals surface area (Å²) in [5.74, 6) is -0.0391. The van der Waals surface area contributed by atoms with Crippen molar-refractivity contribution in [2.75, 3.05) is 40.0 Å². The number of aromatic nitrogens is 1. The van der Waals surface area contributed by atoms with Gasteiger partial charge in [-0.1, -0.05) is 6.42 Å². The van der Waals surface area contributed by atoms with Gasteiger partial charge in [0.1, 0.15) is 17.0 Å². The van der Waals surface area contributed by atoms with E-state index in [-0.39, 0.29) is 29.9 Å². The third-order valence-electron chi connectivity index (χ3n) is 6.97. The van der Waals surface area contributed by atoms with Crippen LogP contribution < -0.4 is 5.73 Å². The largest absolute Gasteiger partial charge is 0.381 e. The van der Waals surface area contributed by atoms with Crippen LogP contribution in [0.1, 0.15) is 48.2 Å². The predicted molar refractivity (Wildman–Crippen MR) is 110 cm³/mol. The Morgan fingerprint density at radius 2 is 2.00 bits per heavy atom. The van der Waals surface area contributed by atoms with Crippen LogP contribution in [-0.4, -0.2) is 61.4 Å². The van der Waals surface area contributed by atoms with E-state index in [0.29, 0.717) is 32.6 Å². The number of methoxy groups -OCH3 is 1. The number of nitrogens with zero attached hydrogens (tertiary/aromatic N) is 2. The molecule has 162 valence electrons. The van der Waals surface area contributed by atoms with Crippen LogP contribution in [0.5, 0.6) is 0 Å². The zero-order valence-electron chi connectivity index (χ0n) is 16.9. The molecule has 1 amide bonds. The average molecular weight is 428 g/mol. The molecular weight excluding hydrogens is 397 g/mol. The lowest BCUT2D eigenvalue weighted by Gasteiger charge is -2.56. The number of likely N-dealkylation sites (tertiary alicyclic amines) is 1. The van der Waals surface area contributed by atoms with Gasteiger partial charge in [-0.2, -0.15) is 0 Å². The highest BCUT2D eigenvalue weighted by Crippen LogP contribution is 2.51. The van der Waals surface area contributed by atoms with Crippen LogP contribution in [-0.2, 0) is 15.1 Å². The van der Waals surface area contributed by atoms with E-state index in [1.165, 1.54) is 0 Å². The molecule has 8 heteroatoms. The lowest BCUT2D eigenvalue weighted by atomic mass is 9.62. The number of rotatable bonds is 5. The normalized spacial score (nSPS) is 31.7. The van der Waals surface area contributed by atoms with E-state index < -0.39 is 17.2 Å². The highest BCUT2D eigenvalue weighted by atomic mass is 35.5. The summed E-state index contributed by atoms with van der Waals surface area (Å²) in [5, 5.41) is 0. The van der Waals surface area contributed by atoms with Crippen molar-refractivity contribution in [3.63, 3.8) is 0 Å². The van der Waals surface area contributed by atoms with E-state index in [9.17, 15) is 4.79 Å². The number of hydrogen-bond acceptors (Lipinski definition) is 5. The molecule has 2 N–H and O–H groups in total. The number of alkyl halides is 1. The Bertz CT molecular complexity index is 715. The van der Waals surface area contributed by atoms with Crippen LogP contribution in [0.3, 0.4) is 0 Å². The number of ether oxygens (including phenoxy) is 2. The van der Waals surface area contributed by atoms with Crippen molar-refractivity contribution in [1.29, 1.82) is 0 Å². The highest BCUT2D eigenvalue weighted by molar-refractivity contribution is 5.90. The minimum absolute atomic E-state index is 0. The maximum atomic E-state index is 15.3.